The topological polar surface area (TPSA) is 237 Å². The minimum atomic E-state index is -5.01. The van der Waals surface area contributed by atoms with Gasteiger partial charge in [-0.3, -0.25) is 37.3 Å². The summed E-state index contributed by atoms with van der Waals surface area (Å²) >= 11 is 0. The summed E-state index contributed by atoms with van der Waals surface area (Å²) in [5, 5.41) is 10.6. The van der Waals surface area contributed by atoms with Crippen LogP contribution in [0.25, 0.3) is 0 Å². The van der Waals surface area contributed by atoms with Crippen molar-refractivity contribution in [3.63, 3.8) is 0 Å². The maximum absolute atomic E-state index is 13.1. The van der Waals surface area contributed by atoms with E-state index in [9.17, 15) is 43.2 Å². The first-order valence-corrected chi connectivity index (χ1v) is 40.7. The Balaban J connectivity index is 5.46. The van der Waals surface area contributed by atoms with E-state index in [0.29, 0.717) is 25.7 Å². The van der Waals surface area contributed by atoms with Gasteiger partial charge in [0, 0.05) is 19.3 Å². The number of aliphatic hydroxyl groups excluding tert-OH is 1. The molecule has 3 N–H and O–H groups in total. The lowest BCUT2D eigenvalue weighted by atomic mass is 10.1. The van der Waals surface area contributed by atoms with E-state index < -0.39 is 97.5 Å². The molecular weight excluding hydrogens is 1310 g/mol. The molecule has 0 aliphatic heterocycles. The molecule has 0 aromatic heterocycles. The quantitative estimate of drug-likeness (QED) is 0.0169. The largest absolute Gasteiger partial charge is 0.472 e. The lowest BCUT2D eigenvalue weighted by Crippen LogP contribution is -2.30. The predicted octanol–water partition coefficient (Wildman–Crippen LogP) is 21.7. The number of rotatable bonds is 69. The summed E-state index contributed by atoms with van der Waals surface area (Å²) in [6, 6.07) is 0. The molecule has 5 atom stereocenters. The first kappa shape index (κ1) is 94.7. The van der Waals surface area contributed by atoms with Crippen molar-refractivity contribution in [2.24, 2.45) is 0 Å². The molecule has 0 spiro atoms. The van der Waals surface area contributed by atoms with E-state index in [1.165, 1.54) is 25.7 Å². The summed E-state index contributed by atoms with van der Waals surface area (Å²) in [7, 11) is -10.00. The van der Waals surface area contributed by atoms with Crippen molar-refractivity contribution in [2.75, 3.05) is 39.6 Å². The number of allylic oxidation sites excluding steroid dienone is 25. The van der Waals surface area contributed by atoms with Gasteiger partial charge >= 0.3 is 39.5 Å². The third-order valence-electron chi connectivity index (χ3n) is 15.0. The Morgan fingerprint density at radius 2 is 0.560 bits per heavy atom. The maximum Gasteiger partial charge on any atom is 0.472 e. The molecule has 19 heteroatoms. The minimum Gasteiger partial charge on any atom is -0.462 e. The summed E-state index contributed by atoms with van der Waals surface area (Å²) in [4.78, 5) is 72.8. The highest BCUT2D eigenvalue weighted by molar-refractivity contribution is 7.47. The number of ether oxygens (including phenoxy) is 4. The first-order chi connectivity index (χ1) is 48.7. The third kappa shape index (κ3) is 71.1. The van der Waals surface area contributed by atoms with Gasteiger partial charge in [-0.1, -0.05) is 256 Å². The summed E-state index contributed by atoms with van der Waals surface area (Å²) in [6.07, 6.45) is 82.7. The van der Waals surface area contributed by atoms with Gasteiger partial charge in [-0.05, 0) is 148 Å². The Kier molecular flexibility index (Phi) is 68.2. The van der Waals surface area contributed by atoms with E-state index in [0.717, 1.165) is 167 Å². The van der Waals surface area contributed by atoms with Crippen molar-refractivity contribution in [2.45, 2.75) is 290 Å². The van der Waals surface area contributed by atoms with Gasteiger partial charge in [0.25, 0.3) is 0 Å². The van der Waals surface area contributed by atoms with Gasteiger partial charge in [0.15, 0.2) is 12.2 Å². The zero-order valence-corrected chi connectivity index (χ0v) is 63.6. The van der Waals surface area contributed by atoms with Crippen LogP contribution >= 0.6 is 15.6 Å². The average Bonchev–Trinajstić information content (AvgIpc) is 0.988. The van der Waals surface area contributed by atoms with E-state index in [1.807, 2.05) is 18.2 Å². The Labute approximate surface area is 604 Å². The predicted molar refractivity (Wildman–Crippen MR) is 408 cm³/mol. The van der Waals surface area contributed by atoms with Crippen LogP contribution in [0.5, 0.6) is 0 Å². The van der Waals surface area contributed by atoms with Crippen LogP contribution in [0.1, 0.15) is 272 Å². The molecule has 0 saturated carbocycles. The molecule has 17 nitrogen and oxygen atoms in total. The number of aliphatic hydroxyl groups is 1. The lowest BCUT2D eigenvalue weighted by molar-refractivity contribution is -0.161. The number of unbranched alkanes of at least 4 members (excludes halogenated alkanes) is 18. The molecule has 0 bridgehead atoms. The van der Waals surface area contributed by atoms with Crippen LogP contribution in [0.15, 0.2) is 158 Å². The molecular formula is C81H132O17P2. The Morgan fingerprint density at radius 1 is 0.300 bits per heavy atom. The highest BCUT2D eigenvalue weighted by Gasteiger charge is 2.30. The Hall–Kier alpha value is -5.32. The number of hydrogen-bond acceptors (Lipinski definition) is 15. The van der Waals surface area contributed by atoms with E-state index in [1.54, 1.807) is 6.08 Å². The molecule has 100 heavy (non-hydrogen) atoms. The van der Waals surface area contributed by atoms with Crippen LogP contribution in [0.2, 0.25) is 0 Å². The fraction of sp³-hybridized carbons (Fsp3) is 0.630. The van der Waals surface area contributed by atoms with Gasteiger partial charge in [0.1, 0.15) is 19.3 Å². The minimum absolute atomic E-state index is 0.0503. The zero-order valence-electron chi connectivity index (χ0n) is 61.8. The zero-order chi connectivity index (χ0) is 73.2. The van der Waals surface area contributed by atoms with Gasteiger partial charge in [-0.25, -0.2) is 9.13 Å². The van der Waals surface area contributed by atoms with Crippen molar-refractivity contribution in [3.05, 3.63) is 158 Å². The molecule has 0 saturated heterocycles. The van der Waals surface area contributed by atoms with Crippen molar-refractivity contribution in [3.8, 4) is 0 Å². The van der Waals surface area contributed by atoms with Crippen molar-refractivity contribution in [1.29, 1.82) is 0 Å². The van der Waals surface area contributed by atoms with Gasteiger partial charge in [0.05, 0.1) is 32.8 Å². The fourth-order valence-electron chi connectivity index (χ4n) is 9.35. The number of carbonyl (C=O) groups excluding carboxylic acids is 4. The average molecular weight is 1440 g/mol. The van der Waals surface area contributed by atoms with Crippen molar-refractivity contribution < 1.29 is 80.2 Å². The van der Waals surface area contributed by atoms with Crippen LogP contribution in [-0.2, 0) is 65.4 Å². The molecule has 0 amide bonds. The molecule has 0 rings (SSSR count). The first-order valence-electron chi connectivity index (χ1n) is 37.7. The van der Waals surface area contributed by atoms with Crippen molar-refractivity contribution >= 4 is 39.5 Å². The standard InChI is InChI=1S/C81H132O17P2/c1-5-9-13-17-21-25-29-33-36-37-40-43-46-50-54-58-62-66-79(84)92-71-76(97-80(85)67-63-59-55-51-47-41-32-28-24-20-16-12-8-4)73-95-99(87,88)93-69-75(82)70-94-100(89,90)96-74-77(98-81(86)68-64-60-56-52-48-44-39-35-31-27-23-19-15-11-7-3)72-91-78(83)65-61-57-53-49-45-42-38-34-30-26-22-18-14-10-6-2/h9-11,13-15,21-23,25-28,32-36,38-40,43,45,49,57,61,75-77,82H,5-8,12,16-20,24,29-31,37,41-42,44,46-48,50-56,58-60,62-74H2,1-4H3,(H,87,88)(H,89,90)/b13-9-,14-10-,15-11-,25-21-,26-22-,27-23-,32-28-,36-33-,38-34-,39-35-,43-40-,49-45-,61-57-. The Morgan fingerprint density at radius 3 is 0.900 bits per heavy atom. The van der Waals surface area contributed by atoms with E-state index in [-0.39, 0.29) is 25.7 Å². The highest BCUT2D eigenvalue weighted by atomic mass is 31.2. The van der Waals surface area contributed by atoms with Crippen LogP contribution in [0.3, 0.4) is 0 Å². The summed E-state index contributed by atoms with van der Waals surface area (Å²) in [5.74, 6) is -2.39. The van der Waals surface area contributed by atoms with E-state index >= 15 is 0 Å². The molecule has 5 unspecified atom stereocenters. The number of phosphoric ester groups is 2. The molecule has 568 valence electrons. The monoisotopic (exact) mass is 1440 g/mol. The second-order valence-corrected chi connectivity index (χ2v) is 27.4. The highest BCUT2D eigenvalue weighted by Crippen LogP contribution is 2.45. The Bertz CT molecular complexity index is 2520. The van der Waals surface area contributed by atoms with E-state index in [4.69, 9.17) is 37.0 Å². The maximum atomic E-state index is 13.1. The number of carbonyl (C=O) groups is 4. The van der Waals surface area contributed by atoms with Gasteiger partial charge in [-0.15, -0.1) is 0 Å². The molecule has 0 aliphatic carbocycles. The summed E-state index contributed by atoms with van der Waals surface area (Å²) < 4.78 is 68.3. The van der Waals surface area contributed by atoms with Crippen LogP contribution in [0, 0.1) is 0 Å². The molecule has 0 aliphatic rings. The van der Waals surface area contributed by atoms with E-state index in [2.05, 4.69) is 161 Å². The SMILES string of the molecule is CC/C=C\C/C=C\C/C=C\C/C=C\C/C=C\CC(=O)OCC(COP(=O)(O)OCC(O)COP(=O)(O)OCC(COC(=O)CCCCCC/C=C\C/C=C\C/C=C\C/C=C\CC)OC(=O)CCCCCCC/C=C\CCCCCC)OC(=O)CCCCCCC/C=C\C/C=C\C/C=C\CC. The van der Waals surface area contributed by atoms with Gasteiger partial charge in [0.2, 0.25) is 0 Å². The number of esters is 4. The number of phosphoric acid groups is 2. The molecule has 0 fully saturated rings. The third-order valence-corrected chi connectivity index (χ3v) is 16.9. The molecule has 0 heterocycles. The second-order valence-electron chi connectivity index (χ2n) is 24.5. The summed E-state index contributed by atoms with van der Waals surface area (Å²) in [5.41, 5.74) is 0. The molecule has 0 radical (unpaired) electrons. The van der Waals surface area contributed by atoms with Gasteiger partial charge in [-0.2, -0.15) is 0 Å². The lowest BCUT2D eigenvalue weighted by Gasteiger charge is -2.21. The normalized spacial score (nSPS) is 14.8. The van der Waals surface area contributed by atoms with Crippen LogP contribution in [0.4, 0.5) is 0 Å². The van der Waals surface area contributed by atoms with Crippen molar-refractivity contribution in [1.82, 2.24) is 0 Å². The molecule has 0 aromatic rings. The smallest absolute Gasteiger partial charge is 0.462 e. The fourth-order valence-corrected chi connectivity index (χ4v) is 10.9. The van der Waals surface area contributed by atoms with Crippen LogP contribution < -0.4 is 0 Å². The van der Waals surface area contributed by atoms with Crippen LogP contribution in [-0.4, -0.2) is 96.7 Å². The number of hydrogen-bond donors (Lipinski definition) is 3. The summed E-state index contributed by atoms with van der Waals surface area (Å²) in [6.45, 7) is 4.32. The second kappa shape index (κ2) is 72.0. The van der Waals surface area contributed by atoms with Gasteiger partial charge < -0.3 is 33.8 Å². The molecule has 0 aromatic carbocycles.